The average molecular weight is 323 g/mol. The van der Waals surface area contributed by atoms with Crippen LogP contribution in [-0.4, -0.2) is 28.9 Å². The van der Waals surface area contributed by atoms with E-state index < -0.39 is 0 Å². The van der Waals surface area contributed by atoms with Crippen LogP contribution >= 0.6 is 0 Å². The number of rotatable bonds is 4. The fourth-order valence-electron chi connectivity index (χ4n) is 3.05. The number of carbonyl (C=O) groups excluding carboxylic acids is 1. The average Bonchev–Trinajstić information content (AvgIpc) is 2.91. The molecule has 0 unspecified atom stereocenters. The number of benzene rings is 1. The Bertz CT molecular complexity index is 674. The van der Waals surface area contributed by atoms with Crippen LogP contribution in [0.5, 0.6) is 0 Å². The summed E-state index contributed by atoms with van der Waals surface area (Å²) in [5.74, 6) is 0.0434. The van der Waals surface area contributed by atoms with E-state index in [1.54, 1.807) is 6.20 Å². The third-order valence-corrected chi connectivity index (χ3v) is 4.52. The van der Waals surface area contributed by atoms with Crippen LogP contribution in [0.1, 0.15) is 48.7 Å². The fourth-order valence-corrected chi connectivity index (χ4v) is 3.05. The van der Waals surface area contributed by atoms with E-state index in [4.69, 9.17) is 0 Å². The Kier molecular flexibility index (Phi) is 5.47. The lowest BCUT2D eigenvalue weighted by molar-refractivity contribution is 0.0756. The zero-order valence-electron chi connectivity index (χ0n) is 14.3. The molecule has 1 aliphatic heterocycles. The second-order valence-corrected chi connectivity index (χ2v) is 6.31. The van der Waals surface area contributed by atoms with Gasteiger partial charge in [-0.1, -0.05) is 31.9 Å². The van der Waals surface area contributed by atoms with Crippen molar-refractivity contribution in [2.45, 2.75) is 39.0 Å². The molecule has 1 fully saturated rings. The Morgan fingerprint density at radius 3 is 2.42 bits per heavy atom. The van der Waals surface area contributed by atoms with E-state index in [0.29, 0.717) is 5.69 Å². The van der Waals surface area contributed by atoms with Gasteiger partial charge in [0.05, 0.1) is 0 Å². The summed E-state index contributed by atoms with van der Waals surface area (Å²) < 4.78 is 0. The van der Waals surface area contributed by atoms with E-state index in [2.05, 4.69) is 41.5 Å². The number of anilines is 2. The van der Waals surface area contributed by atoms with Crippen LogP contribution < -0.4 is 5.32 Å². The van der Waals surface area contributed by atoms with Gasteiger partial charge in [-0.3, -0.25) is 9.78 Å². The summed E-state index contributed by atoms with van der Waals surface area (Å²) in [6.45, 7) is 3.83. The van der Waals surface area contributed by atoms with Crippen molar-refractivity contribution in [3.63, 3.8) is 0 Å². The number of hydrogen-bond donors (Lipinski definition) is 1. The van der Waals surface area contributed by atoms with Crippen LogP contribution in [0.2, 0.25) is 0 Å². The van der Waals surface area contributed by atoms with Crippen molar-refractivity contribution in [2.24, 2.45) is 0 Å². The van der Waals surface area contributed by atoms with Crippen LogP contribution in [0.4, 0.5) is 11.4 Å². The topological polar surface area (TPSA) is 45.2 Å². The number of hydrogen-bond acceptors (Lipinski definition) is 3. The van der Waals surface area contributed by atoms with Crippen molar-refractivity contribution in [3.05, 3.63) is 53.9 Å². The van der Waals surface area contributed by atoms with Crippen molar-refractivity contribution in [1.82, 2.24) is 9.88 Å². The zero-order chi connectivity index (χ0) is 16.8. The van der Waals surface area contributed by atoms with Crippen molar-refractivity contribution in [3.8, 4) is 0 Å². The Labute approximate surface area is 143 Å². The number of aromatic nitrogens is 1. The maximum Gasteiger partial charge on any atom is 0.272 e. The van der Waals surface area contributed by atoms with Crippen LogP contribution in [0.15, 0.2) is 42.6 Å². The molecule has 0 radical (unpaired) electrons. The van der Waals surface area contributed by atoms with Gasteiger partial charge in [-0.25, -0.2) is 0 Å². The lowest BCUT2D eigenvalue weighted by Gasteiger charge is -2.20. The molecule has 0 atom stereocenters. The molecule has 1 N–H and O–H groups in total. The van der Waals surface area contributed by atoms with E-state index in [-0.39, 0.29) is 5.91 Å². The van der Waals surface area contributed by atoms with Gasteiger partial charge in [-0.15, -0.1) is 0 Å². The van der Waals surface area contributed by atoms with E-state index >= 15 is 0 Å². The maximum atomic E-state index is 12.7. The van der Waals surface area contributed by atoms with Gasteiger partial charge in [0, 0.05) is 30.7 Å². The van der Waals surface area contributed by atoms with Crippen LogP contribution in [0, 0.1) is 0 Å². The first kappa shape index (κ1) is 16.5. The predicted octanol–water partition coefficient (Wildman–Crippen LogP) is 4.40. The molecule has 0 bridgehead atoms. The van der Waals surface area contributed by atoms with E-state index in [1.165, 1.54) is 18.4 Å². The molecule has 4 heteroatoms. The van der Waals surface area contributed by atoms with Crippen molar-refractivity contribution in [1.29, 1.82) is 0 Å². The van der Waals surface area contributed by atoms with Gasteiger partial charge >= 0.3 is 0 Å². The van der Waals surface area contributed by atoms with Gasteiger partial charge in [-0.2, -0.15) is 0 Å². The molecule has 1 saturated heterocycles. The molecule has 1 aliphatic rings. The zero-order valence-corrected chi connectivity index (χ0v) is 14.3. The minimum absolute atomic E-state index is 0.0434. The first-order valence-corrected chi connectivity index (χ1v) is 8.87. The number of carbonyl (C=O) groups is 1. The second kappa shape index (κ2) is 7.95. The Balaban J connectivity index is 1.71. The lowest BCUT2D eigenvalue weighted by Crippen LogP contribution is -2.32. The van der Waals surface area contributed by atoms with E-state index in [1.807, 2.05) is 17.0 Å². The molecule has 0 aliphatic carbocycles. The molecular formula is C20H25N3O. The SMILES string of the molecule is CCc1ccc(Nc2ccnc(C(=O)N3CCCCCC3)c2)cc1. The first-order chi connectivity index (χ1) is 11.8. The molecule has 0 spiro atoms. The summed E-state index contributed by atoms with van der Waals surface area (Å²) >= 11 is 0. The number of aryl methyl sites for hydroxylation is 1. The molecule has 3 rings (SSSR count). The monoisotopic (exact) mass is 323 g/mol. The fraction of sp³-hybridized carbons (Fsp3) is 0.400. The number of amides is 1. The first-order valence-electron chi connectivity index (χ1n) is 8.87. The number of nitrogens with zero attached hydrogens (tertiary/aromatic N) is 2. The van der Waals surface area contributed by atoms with Gasteiger partial charge in [0.1, 0.15) is 5.69 Å². The molecule has 2 heterocycles. The third kappa shape index (κ3) is 4.13. The lowest BCUT2D eigenvalue weighted by atomic mass is 10.1. The smallest absolute Gasteiger partial charge is 0.272 e. The molecule has 1 amide bonds. The van der Waals surface area contributed by atoms with Gasteiger partial charge in [0.2, 0.25) is 0 Å². The summed E-state index contributed by atoms with van der Waals surface area (Å²) in [6, 6.07) is 12.1. The molecule has 0 saturated carbocycles. The highest BCUT2D eigenvalue weighted by atomic mass is 16.2. The molecule has 24 heavy (non-hydrogen) atoms. The Morgan fingerprint density at radius 2 is 1.75 bits per heavy atom. The third-order valence-electron chi connectivity index (χ3n) is 4.52. The van der Waals surface area contributed by atoms with Gasteiger partial charge < -0.3 is 10.2 Å². The maximum absolute atomic E-state index is 12.7. The van der Waals surface area contributed by atoms with E-state index in [0.717, 1.165) is 43.7 Å². The molecule has 4 nitrogen and oxygen atoms in total. The van der Waals surface area contributed by atoms with Crippen molar-refractivity contribution >= 4 is 17.3 Å². The van der Waals surface area contributed by atoms with Gasteiger partial charge in [-0.05, 0) is 49.1 Å². The standard InChI is InChI=1S/C20H25N3O/c1-2-16-7-9-17(10-8-16)22-18-11-12-21-19(15-18)20(24)23-13-5-3-4-6-14-23/h7-12,15H,2-6,13-14H2,1H3,(H,21,22). The molecule has 2 aromatic rings. The highest BCUT2D eigenvalue weighted by Gasteiger charge is 2.18. The molecular weight excluding hydrogens is 298 g/mol. The van der Waals surface area contributed by atoms with Crippen LogP contribution in [-0.2, 0) is 6.42 Å². The highest BCUT2D eigenvalue weighted by molar-refractivity contribution is 5.93. The molecule has 126 valence electrons. The molecule has 1 aromatic heterocycles. The molecule has 1 aromatic carbocycles. The highest BCUT2D eigenvalue weighted by Crippen LogP contribution is 2.19. The van der Waals surface area contributed by atoms with Gasteiger partial charge in [0.25, 0.3) is 5.91 Å². The number of nitrogens with one attached hydrogen (secondary N) is 1. The quantitative estimate of drug-likeness (QED) is 0.907. The van der Waals surface area contributed by atoms with Crippen molar-refractivity contribution < 1.29 is 4.79 Å². The van der Waals surface area contributed by atoms with Gasteiger partial charge in [0.15, 0.2) is 0 Å². The summed E-state index contributed by atoms with van der Waals surface area (Å²) in [7, 11) is 0. The summed E-state index contributed by atoms with van der Waals surface area (Å²) in [6.07, 6.45) is 7.35. The largest absolute Gasteiger partial charge is 0.355 e. The van der Waals surface area contributed by atoms with Crippen LogP contribution in [0.25, 0.3) is 0 Å². The number of pyridine rings is 1. The Morgan fingerprint density at radius 1 is 1.04 bits per heavy atom. The predicted molar refractivity (Wildman–Crippen MR) is 97.7 cm³/mol. The van der Waals surface area contributed by atoms with Crippen molar-refractivity contribution in [2.75, 3.05) is 18.4 Å². The minimum atomic E-state index is 0.0434. The second-order valence-electron chi connectivity index (χ2n) is 6.31. The van der Waals surface area contributed by atoms with E-state index in [9.17, 15) is 4.79 Å². The number of likely N-dealkylation sites (tertiary alicyclic amines) is 1. The normalized spacial score (nSPS) is 15.0. The minimum Gasteiger partial charge on any atom is -0.355 e. The van der Waals surface area contributed by atoms with Crippen LogP contribution in [0.3, 0.4) is 0 Å². The summed E-state index contributed by atoms with van der Waals surface area (Å²) in [4.78, 5) is 18.9. The summed E-state index contributed by atoms with van der Waals surface area (Å²) in [5.41, 5.74) is 3.75. The Hall–Kier alpha value is -2.36. The summed E-state index contributed by atoms with van der Waals surface area (Å²) in [5, 5.41) is 3.36.